The van der Waals surface area contributed by atoms with Gasteiger partial charge in [0.2, 0.25) is 11.8 Å². The molecule has 12 nitrogen and oxygen atoms in total. The highest BCUT2D eigenvalue weighted by Gasteiger charge is 2.44. The number of aromatic nitrogens is 2. The lowest BCUT2D eigenvalue weighted by Gasteiger charge is -2.36. The molecule has 3 aromatic rings. The van der Waals surface area contributed by atoms with Crippen LogP contribution in [0, 0.1) is 12.8 Å². The molecule has 2 aliphatic heterocycles. The molecule has 4 heterocycles. The number of carbonyl (C=O) groups is 3. The fourth-order valence-corrected chi connectivity index (χ4v) is 7.18. The molecule has 0 radical (unpaired) electrons. The van der Waals surface area contributed by atoms with E-state index in [-0.39, 0.29) is 80.9 Å². The number of aryl methyl sites for hydroxylation is 1. The first-order valence-electron chi connectivity index (χ1n) is 17.1. The molecular weight excluding hydrogens is 665 g/mol. The first-order chi connectivity index (χ1) is 23.5. The Labute approximate surface area is 296 Å². The van der Waals surface area contributed by atoms with E-state index in [1.807, 2.05) is 57.5 Å². The number of halogens is 1. The van der Waals surface area contributed by atoms with Gasteiger partial charge in [-0.1, -0.05) is 38.1 Å². The Morgan fingerprint density at radius 2 is 1.84 bits per heavy atom. The number of amides is 3. The number of nitrogens with zero attached hydrogens (tertiary/aromatic N) is 4. The van der Waals surface area contributed by atoms with Crippen molar-refractivity contribution in [1.29, 1.82) is 0 Å². The lowest BCUT2D eigenvalue weighted by molar-refractivity contribution is -0.141. The number of ether oxygens (including phenoxy) is 2. The minimum Gasteiger partial charge on any atom is -0.472 e. The van der Waals surface area contributed by atoms with Gasteiger partial charge in [-0.25, -0.2) is 14.2 Å². The molecule has 1 aromatic carbocycles. The van der Waals surface area contributed by atoms with E-state index in [0.717, 1.165) is 21.7 Å². The molecule has 14 heteroatoms. The first-order valence-corrected chi connectivity index (χ1v) is 18.0. The third-order valence-electron chi connectivity index (χ3n) is 9.18. The minimum atomic E-state index is -1.68. The largest absolute Gasteiger partial charge is 0.472 e. The Kier molecular flexibility index (Phi) is 11.2. The average Bonchev–Trinajstić information content (AvgIpc) is 3.79. The summed E-state index contributed by atoms with van der Waals surface area (Å²) in [7, 11) is 0. The number of aliphatic hydroxyl groups excluding tert-OH is 1. The molecule has 0 aliphatic carbocycles. The Balaban J connectivity index is 1.19. The number of likely N-dealkylation sites (tertiary alicyclic amines) is 2. The third-order valence-corrected chi connectivity index (χ3v) is 10.2. The average molecular weight is 714 g/mol. The van der Waals surface area contributed by atoms with Crippen molar-refractivity contribution in [3.05, 3.63) is 52.9 Å². The van der Waals surface area contributed by atoms with E-state index in [4.69, 9.17) is 14.0 Å². The minimum absolute atomic E-state index is 0.000400. The van der Waals surface area contributed by atoms with Gasteiger partial charge in [0.15, 0.2) is 5.76 Å². The first kappa shape index (κ1) is 37.2. The summed E-state index contributed by atoms with van der Waals surface area (Å²) in [5.74, 6) is -1.57. The van der Waals surface area contributed by atoms with Crippen LogP contribution in [0.25, 0.3) is 10.4 Å². The van der Waals surface area contributed by atoms with E-state index >= 15 is 4.39 Å². The molecule has 0 spiro atoms. The van der Waals surface area contributed by atoms with Gasteiger partial charge >= 0.3 is 6.09 Å². The number of β-amino-alcohol motifs (C(OH)–C–C–N with tert-alkyl or cyclic N) is 1. The second kappa shape index (κ2) is 15.1. The maximum Gasteiger partial charge on any atom is 0.410 e. The fourth-order valence-electron chi connectivity index (χ4n) is 6.37. The maximum absolute atomic E-state index is 15.6. The van der Waals surface area contributed by atoms with Crippen molar-refractivity contribution in [2.24, 2.45) is 5.92 Å². The van der Waals surface area contributed by atoms with Crippen molar-refractivity contribution < 1.29 is 37.9 Å². The Bertz CT molecular complexity index is 1640. The molecule has 0 bridgehead atoms. The summed E-state index contributed by atoms with van der Waals surface area (Å²) in [6.07, 6.45) is -1.09. The molecule has 5 rings (SSSR count). The fraction of sp³-hybridized carbons (Fsp3) is 0.583. The van der Waals surface area contributed by atoms with E-state index in [1.165, 1.54) is 15.9 Å². The van der Waals surface area contributed by atoms with Crippen LogP contribution in [0.4, 0.5) is 9.18 Å². The van der Waals surface area contributed by atoms with Crippen LogP contribution in [0.3, 0.4) is 0 Å². The Morgan fingerprint density at radius 3 is 2.44 bits per heavy atom. The normalized spacial score (nSPS) is 20.4. The second-order valence-corrected chi connectivity index (χ2v) is 15.6. The van der Waals surface area contributed by atoms with Crippen LogP contribution in [0.1, 0.15) is 89.8 Å². The second-order valence-electron chi connectivity index (χ2n) is 14.7. The topological polar surface area (TPSA) is 147 Å². The lowest BCUT2D eigenvalue weighted by Crippen LogP contribution is -2.48. The number of benzene rings is 1. The van der Waals surface area contributed by atoms with Gasteiger partial charge in [-0.3, -0.25) is 9.59 Å². The number of aliphatic hydroxyl groups is 1. The highest BCUT2D eigenvalue weighted by atomic mass is 32.1. The smallest absolute Gasteiger partial charge is 0.410 e. The molecule has 0 unspecified atom stereocenters. The van der Waals surface area contributed by atoms with E-state index < -0.39 is 35.4 Å². The number of rotatable bonds is 10. The van der Waals surface area contributed by atoms with Crippen LogP contribution in [-0.4, -0.2) is 92.6 Å². The molecule has 2 N–H and O–H groups in total. The quantitative estimate of drug-likeness (QED) is 0.266. The van der Waals surface area contributed by atoms with Gasteiger partial charge < -0.3 is 34.2 Å². The summed E-state index contributed by atoms with van der Waals surface area (Å²) in [4.78, 5) is 48.3. The van der Waals surface area contributed by atoms with E-state index in [1.54, 1.807) is 32.1 Å². The van der Waals surface area contributed by atoms with E-state index in [2.05, 4.69) is 15.5 Å². The molecule has 0 saturated carbocycles. The zero-order chi connectivity index (χ0) is 36.4. The zero-order valence-corrected chi connectivity index (χ0v) is 30.6. The van der Waals surface area contributed by atoms with E-state index in [9.17, 15) is 19.5 Å². The van der Waals surface area contributed by atoms with Crippen LogP contribution in [0.15, 0.2) is 40.4 Å². The van der Waals surface area contributed by atoms with Gasteiger partial charge in [0.05, 0.1) is 28.2 Å². The number of thiazole rings is 1. The Hall–Kier alpha value is -4.04. The standard InChI is InChI=1S/C36H48FN5O7S/c1-21(2)30(28-17-29(40-49-28)47-19-36(37)12-14-41(15-13-36)34(46)48-35(5,6)7)33(45)42-18-26(43)16-27(42)32(44)39-22(3)24-8-10-25(11-9-24)31-23(4)38-20-50-31/h8-11,17,20-22,26-27,30,43H,12-16,18-19H2,1-7H3,(H,39,44)/t22-,26+,27-,30+/m0/s1. The molecule has 3 amide bonds. The van der Waals surface area contributed by atoms with Gasteiger partial charge in [0.25, 0.3) is 5.88 Å². The van der Waals surface area contributed by atoms with Crippen LogP contribution in [0.5, 0.6) is 5.88 Å². The molecule has 2 saturated heterocycles. The zero-order valence-electron chi connectivity index (χ0n) is 29.8. The molecule has 272 valence electrons. The Morgan fingerprint density at radius 1 is 1.16 bits per heavy atom. The summed E-state index contributed by atoms with van der Waals surface area (Å²) in [5.41, 5.74) is 2.40. The van der Waals surface area contributed by atoms with Gasteiger partial charge in [-0.15, -0.1) is 11.3 Å². The summed E-state index contributed by atoms with van der Waals surface area (Å²) in [5, 5.41) is 17.5. The van der Waals surface area contributed by atoms with Crippen molar-refractivity contribution in [2.45, 2.75) is 103 Å². The van der Waals surface area contributed by atoms with Gasteiger partial charge in [-0.2, -0.15) is 0 Å². The monoisotopic (exact) mass is 713 g/mol. The summed E-state index contributed by atoms with van der Waals surface area (Å²) in [6.45, 7) is 13.0. The molecular formula is C36H48FN5O7S. The number of carbonyl (C=O) groups excluding carboxylic acids is 3. The van der Waals surface area contributed by atoms with Crippen molar-refractivity contribution in [1.82, 2.24) is 25.3 Å². The van der Waals surface area contributed by atoms with E-state index in [0.29, 0.717) is 0 Å². The molecule has 4 atom stereocenters. The third kappa shape index (κ3) is 8.81. The molecule has 2 aliphatic rings. The number of hydrogen-bond acceptors (Lipinski definition) is 10. The predicted molar refractivity (Wildman–Crippen MR) is 185 cm³/mol. The van der Waals surface area contributed by atoms with Gasteiger partial charge in [0.1, 0.15) is 29.8 Å². The van der Waals surface area contributed by atoms with Crippen LogP contribution in [-0.2, 0) is 14.3 Å². The highest BCUT2D eigenvalue weighted by Crippen LogP contribution is 2.34. The van der Waals surface area contributed by atoms with Crippen molar-refractivity contribution in [3.63, 3.8) is 0 Å². The number of hydrogen-bond donors (Lipinski definition) is 2. The summed E-state index contributed by atoms with van der Waals surface area (Å²) >= 11 is 1.57. The SMILES string of the molecule is Cc1ncsc1-c1ccc([C@H](C)NC(=O)[C@@H]2C[C@@H](O)CN2C(=O)[C@@H](c2cc(OCC3(F)CCN(C(=O)OC(C)(C)C)CC3)no2)C(C)C)cc1. The molecule has 50 heavy (non-hydrogen) atoms. The number of alkyl halides is 1. The summed E-state index contributed by atoms with van der Waals surface area (Å²) < 4.78 is 32.2. The predicted octanol–water partition coefficient (Wildman–Crippen LogP) is 5.80. The van der Waals surface area contributed by atoms with Crippen LogP contribution < -0.4 is 10.1 Å². The van der Waals surface area contributed by atoms with Gasteiger partial charge in [0, 0.05) is 45.0 Å². The van der Waals surface area contributed by atoms with Crippen LogP contribution in [0.2, 0.25) is 0 Å². The highest BCUT2D eigenvalue weighted by molar-refractivity contribution is 7.13. The van der Waals surface area contributed by atoms with Crippen molar-refractivity contribution in [3.8, 4) is 16.3 Å². The maximum atomic E-state index is 15.6. The lowest BCUT2D eigenvalue weighted by atomic mass is 9.91. The number of piperidine rings is 1. The van der Waals surface area contributed by atoms with Crippen molar-refractivity contribution >= 4 is 29.2 Å². The van der Waals surface area contributed by atoms with Crippen LogP contribution >= 0.6 is 11.3 Å². The van der Waals surface area contributed by atoms with Crippen molar-refractivity contribution in [2.75, 3.05) is 26.2 Å². The molecule has 2 fully saturated rings. The summed E-state index contributed by atoms with van der Waals surface area (Å²) in [6, 6.07) is 8.17. The molecule has 2 aromatic heterocycles. The number of nitrogens with one attached hydrogen (secondary N) is 1. The van der Waals surface area contributed by atoms with Gasteiger partial charge in [-0.05, 0) is 56.8 Å².